The van der Waals surface area contributed by atoms with Crippen molar-refractivity contribution in [3.05, 3.63) is 22.4 Å². The second-order valence-electron chi connectivity index (χ2n) is 4.68. The monoisotopic (exact) mass is 268 g/mol. The first-order chi connectivity index (χ1) is 8.60. The first kappa shape index (κ1) is 15.2. The molecule has 3 nitrogen and oxygen atoms in total. The van der Waals surface area contributed by atoms with Crippen LogP contribution in [0.25, 0.3) is 0 Å². The summed E-state index contributed by atoms with van der Waals surface area (Å²) in [6, 6.07) is 4.46. The number of nitrogens with zero attached hydrogens (tertiary/aromatic N) is 1. The quantitative estimate of drug-likeness (QED) is 0.824. The molecule has 0 aliphatic carbocycles. The molecule has 4 heteroatoms. The fraction of sp³-hybridized carbons (Fsp3) is 0.643. The third-order valence-corrected chi connectivity index (χ3v) is 4.06. The number of nitrogens with one attached hydrogen (secondary N) is 1. The van der Waals surface area contributed by atoms with Crippen molar-refractivity contribution in [2.75, 3.05) is 19.6 Å². The van der Waals surface area contributed by atoms with E-state index < -0.39 is 0 Å². The number of carbonyl (C=O) groups excluding carboxylic acids is 1. The lowest BCUT2D eigenvalue weighted by Gasteiger charge is -2.24. The van der Waals surface area contributed by atoms with Gasteiger partial charge >= 0.3 is 0 Å². The summed E-state index contributed by atoms with van der Waals surface area (Å²) in [5.74, 6) is 0.662. The molecule has 1 amide bonds. The molecule has 1 rings (SSSR count). The Hall–Kier alpha value is -0.870. The average Bonchev–Trinajstić information content (AvgIpc) is 2.84. The molecule has 1 unspecified atom stereocenters. The van der Waals surface area contributed by atoms with Crippen molar-refractivity contribution in [1.29, 1.82) is 0 Å². The largest absolute Gasteiger partial charge is 0.342 e. The molecule has 0 fully saturated rings. The fourth-order valence-electron chi connectivity index (χ4n) is 2.02. The predicted molar refractivity (Wildman–Crippen MR) is 77.8 cm³/mol. The molecule has 0 radical (unpaired) electrons. The minimum absolute atomic E-state index is 0.183. The van der Waals surface area contributed by atoms with E-state index >= 15 is 0 Å². The maximum atomic E-state index is 12.0. The van der Waals surface area contributed by atoms with Gasteiger partial charge in [0.1, 0.15) is 0 Å². The molecule has 0 aliphatic rings. The summed E-state index contributed by atoms with van der Waals surface area (Å²) < 4.78 is 0. The van der Waals surface area contributed by atoms with Crippen molar-refractivity contribution >= 4 is 17.2 Å². The van der Waals surface area contributed by atoms with Crippen LogP contribution in [-0.4, -0.2) is 30.4 Å². The van der Waals surface area contributed by atoms with Crippen LogP contribution in [0.5, 0.6) is 0 Å². The van der Waals surface area contributed by atoms with Gasteiger partial charge in [0.2, 0.25) is 5.91 Å². The van der Waals surface area contributed by atoms with Crippen molar-refractivity contribution in [1.82, 2.24) is 10.2 Å². The van der Waals surface area contributed by atoms with E-state index in [1.165, 1.54) is 4.88 Å². The van der Waals surface area contributed by atoms with Gasteiger partial charge in [0.05, 0.1) is 6.54 Å². The first-order valence-corrected chi connectivity index (χ1v) is 7.52. The van der Waals surface area contributed by atoms with Crippen LogP contribution < -0.4 is 5.32 Å². The highest BCUT2D eigenvalue weighted by molar-refractivity contribution is 7.10. The van der Waals surface area contributed by atoms with Crippen LogP contribution in [0.15, 0.2) is 17.5 Å². The van der Waals surface area contributed by atoms with Gasteiger partial charge < -0.3 is 10.2 Å². The highest BCUT2D eigenvalue weighted by atomic mass is 32.1. The summed E-state index contributed by atoms with van der Waals surface area (Å²) in [6.07, 6.45) is 0. The first-order valence-electron chi connectivity index (χ1n) is 6.64. The van der Waals surface area contributed by atoms with Gasteiger partial charge in [-0.3, -0.25) is 4.79 Å². The molecule has 1 aromatic rings. The van der Waals surface area contributed by atoms with Gasteiger partial charge in [0.25, 0.3) is 0 Å². The second-order valence-corrected chi connectivity index (χ2v) is 5.66. The molecule has 102 valence electrons. The predicted octanol–water partition coefficient (Wildman–Crippen LogP) is 2.90. The van der Waals surface area contributed by atoms with Crippen LogP contribution in [-0.2, 0) is 4.79 Å². The minimum Gasteiger partial charge on any atom is -0.342 e. The summed E-state index contributed by atoms with van der Waals surface area (Å²) in [6.45, 7) is 10.4. The van der Waals surface area contributed by atoms with Crippen LogP contribution in [0.4, 0.5) is 0 Å². The lowest BCUT2D eigenvalue weighted by molar-refractivity contribution is -0.130. The third-order valence-electron chi connectivity index (χ3n) is 3.11. The van der Waals surface area contributed by atoms with Gasteiger partial charge in [0.15, 0.2) is 0 Å². The summed E-state index contributed by atoms with van der Waals surface area (Å²) in [7, 11) is 0. The SMILES string of the molecule is CCN(CC)C(=O)CNC(c1cccs1)C(C)C. The van der Waals surface area contributed by atoms with E-state index in [1.807, 2.05) is 18.7 Å². The third kappa shape index (κ3) is 4.10. The highest BCUT2D eigenvalue weighted by Gasteiger charge is 2.18. The zero-order valence-electron chi connectivity index (χ0n) is 11.8. The standard InChI is InChI=1S/C14H24N2OS/c1-5-16(6-2)13(17)10-15-14(11(3)4)12-8-7-9-18-12/h7-9,11,14-15H,5-6,10H2,1-4H3. The Labute approximate surface area is 114 Å². The maximum Gasteiger partial charge on any atom is 0.236 e. The van der Waals surface area contributed by atoms with Crippen LogP contribution in [0.3, 0.4) is 0 Å². The van der Waals surface area contributed by atoms with Crippen molar-refractivity contribution in [3.63, 3.8) is 0 Å². The summed E-state index contributed by atoms with van der Waals surface area (Å²) in [5.41, 5.74) is 0. The summed E-state index contributed by atoms with van der Waals surface area (Å²) in [4.78, 5) is 15.1. The topological polar surface area (TPSA) is 32.3 Å². The number of hydrogen-bond acceptors (Lipinski definition) is 3. The van der Waals surface area contributed by atoms with Crippen molar-refractivity contribution in [3.8, 4) is 0 Å². The van der Waals surface area contributed by atoms with E-state index in [-0.39, 0.29) is 11.9 Å². The fourth-order valence-corrected chi connectivity index (χ4v) is 2.99. The second kappa shape index (κ2) is 7.54. The van der Waals surface area contributed by atoms with Crippen LogP contribution in [0.1, 0.15) is 38.6 Å². The molecule has 0 aromatic carbocycles. The maximum absolute atomic E-state index is 12.0. The number of thiophene rings is 1. The molecule has 0 aliphatic heterocycles. The smallest absolute Gasteiger partial charge is 0.236 e. The number of likely N-dealkylation sites (N-methyl/N-ethyl adjacent to an activating group) is 1. The summed E-state index contributed by atoms with van der Waals surface area (Å²) in [5, 5.41) is 5.47. The normalized spacial score (nSPS) is 12.7. The number of carbonyl (C=O) groups is 1. The molecular formula is C14H24N2OS. The number of rotatable bonds is 7. The Morgan fingerprint density at radius 2 is 2.06 bits per heavy atom. The number of hydrogen-bond donors (Lipinski definition) is 1. The van der Waals surface area contributed by atoms with E-state index in [4.69, 9.17) is 0 Å². The molecule has 1 N–H and O–H groups in total. The Bertz CT molecular complexity index is 345. The Kier molecular flexibility index (Phi) is 6.36. The van der Waals surface area contributed by atoms with E-state index in [9.17, 15) is 4.79 Å². The van der Waals surface area contributed by atoms with Crippen molar-refractivity contribution < 1.29 is 4.79 Å². The molecular weight excluding hydrogens is 244 g/mol. The molecule has 1 aromatic heterocycles. The lowest BCUT2D eigenvalue weighted by atomic mass is 10.0. The van der Waals surface area contributed by atoms with Gasteiger partial charge in [-0.05, 0) is 31.2 Å². The molecule has 0 bridgehead atoms. The van der Waals surface area contributed by atoms with E-state index in [0.717, 1.165) is 13.1 Å². The van der Waals surface area contributed by atoms with Crippen molar-refractivity contribution in [2.45, 2.75) is 33.7 Å². The molecule has 0 spiro atoms. The zero-order chi connectivity index (χ0) is 13.5. The van der Waals surface area contributed by atoms with Gasteiger partial charge in [-0.2, -0.15) is 0 Å². The highest BCUT2D eigenvalue weighted by Crippen LogP contribution is 2.25. The molecule has 1 heterocycles. The summed E-state index contributed by atoms with van der Waals surface area (Å²) >= 11 is 1.74. The molecule has 0 saturated carbocycles. The Balaban J connectivity index is 2.56. The average molecular weight is 268 g/mol. The van der Waals surface area contributed by atoms with E-state index in [0.29, 0.717) is 12.5 Å². The van der Waals surface area contributed by atoms with Crippen molar-refractivity contribution in [2.24, 2.45) is 5.92 Å². The molecule has 0 saturated heterocycles. The zero-order valence-corrected chi connectivity index (χ0v) is 12.6. The molecule has 18 heavy (non-hydrogen) atoms. The van der Waals surface area contributed by atoms with Gasteiger partial charge in [-0.25, -0.2) is 0 Å². The number of amides is 1. The molecule has 1 atom stereocenters. The lowest BCUT2D eigenvalue weighted by Crippen LogP contribution is -2.40. The van der Waals surface area contributed by atoms with Gasteiger partial charge in [0, 0.05) is 24.0 Å². The van der Waals surface area contributed by atoms with Crippen LogP contribution in [0.2, 0.25) is 0 Å². The minimum atomic E-state index is 0.183. The van der Waals surface area contributed by atoms with E-state index in [2.05, 4.69) is 36.7 Å². The Morgan fingerprint density at radius 3 is 2.50 bits per heavy atom. The van der Waals surface area contributed by atoms with Gasteiger partial charge in [-0.15, -0.1) is 11.3 Å². The van der Waals surface area contributed by atoms with Crippen LogP contribution >= 0.6 is 11.3 Å². The van der Waals surface area contributed by atoms with E-state index in [1.54, 1.807) is 11.3 Å². The Morgan fingerprint density at radius 1 is 1.39 bits per heavy atom. The van der Waals surface area contributed by atoms with Gasteiger partial charge in [-0.1, -0.05) is 19.9 Å². The van der Waals surface area contributed by atoms with Crippen LogP contribution in [0, 0.1) is 5.92 Å².